The van der Waals surface area contributed by atoms with Crippen LogP contribution in [0.15, 0.2) is 24.5 Å². The summed E-state index contributed by atoms with van der Waals surface area (Å²) in [7, 11) is 0. The van der Waals surface area contributed by atoms with Crippen LogP contribution >= 0.6 is 11.3 Å². The molecular formula is C24H26F5N5OS. The molecular weight excluding hydrogens is 501 g/mol. The largest absolute Gasteiger partial charge is 0.493 e. The highest BCUT2D eigenvalue weighted by molar-refractivity contribution is 7.14. The van der Waals surface area contributed by atoms with E-state index in [9.17, 15) is 22.0 Å². The summed E-state index contributed by atoms with van der Waals surface area (Å²) in [6, 6.07) is 2.33. The Bertz CT molecular complexity index is 1140. The van der Waals surface area contributed by atoms with E-state index in [1.807, 2.05) is 18.7 Å². The fraction of sp³-hybridized carbons (Fsp3) is 0.500. The molecule has 6 nitrogen and oxygen atoms in total. The fourth-order valence-corrected chi connectivity index (χ4v) is 4.92. The average Bonchev–Trinajstić information content (AvgIpc) is 3.31. The van der Waals surface area contributed by atoms with E-state index in [2.05, 4.69) is 20.2 Å². The number of halogens is 5. The lowest BCUT2D eigenvalue weighted by atomic mass is 9.92. The van der Waals surface area contributed by atoms with Gasteiger partial charge in [0.15, 0.2) is 5.01 Å². The first kappa shape index (κ1) is 26.2. The first-order valence-electron chi connectivity index (χ1n) is 11.7. The molecule has 1 saturated heterocycles. The van der Waals surface area contributed by atoms with E-state index in [0.717, 1.165) is 43.8 Å². The molecule has 0 N–H and O–H groups in total. The first-order chi connectivity index (χ1) is 17.1. The summed E-state index contributed by atoms with van der Waals surface area (Å²) < 4.78 is 72.8. The van der Waals surface area contributed by atoms with Crippen LogP contribution in [-0.2, 0) is 6.18 Å². The molecule has 1 aliphatic rings. The van der Waals surface area contributed by atoms with Gasteiger partial charge in [-0.1, -0.05) is 25.2 Å². The van der Waals surface area contributed by atoms with E-state index < -0.39 is 23.4 Å². The van der Waals surface area contributed by atoms with Crippen molar-refractivity contribution in [2.45, 2.75) is 51.6 Å². The first-order valence-corrected chi connectivity index (χ1v) is 12.5. The van der Waals surface area contributed by atoms with E-state index in [4.69, 9.17) is 4.74 Å². The molecule has 36 heavy (non-hydrogen) atoms. The molecule has 1 aromatic carbocycles. The molecule has 0 bridgehead atoms. The highest BCUT2D eigenvalue weighted by Gasteiger charge is 2.32. The van der Waals surface area contributed by atoms with Gasteiger partial charge < -0.3 is 9.64 Å². The second kappa shape index (κ2) is 11.0. The van der Waals surface area contributed by atoms with Crippen molar-refractivity contribution in [1.82, 2.24) is 20.2 Å². The summed E-state index contributed by atoms with van der Waals surface area (Å²) in [5.41, 5.74) is -1.06. The summed E-state index contributed by atoms with van der Waals surface area (Å²) in [6.07, 6.45) is 0.435. The number of anilines is 1. The molecule has 0 spiro atoms. The Morgan fingerprint density at radius 1 is 1.06 bits per heavy atom. The highest BCUT2D eigenvalue weighted by atomic mass is 32.1. The minimum absolute atomic E-state index is 0.121. The van der Waals surface area contributed by atoms with Crippen molar-refractivity contribution in [3.63, 3.8) is 0 Å². The summed E-state index contributed by atoms with van der Waals surface area (Å²) in [6.45, 7) is 5.49. The summed E-state index contributed by atoms with van der Waals surface area (Å²) in [4.78, 5) is 9.59. The maximum absolute atomic E-state index is 14.6. The summed E-state index contributed by atoms with van der Waals surface area (Å²) in [5.74, 6) is -0.524. The second-order valence-corrected chi connectivity index (χ2v) is 10.1. The molecule has 0 unspecified atom stereocenters. The number of hydrogen-bond donors (Lipinski definition) is 0. The smallest absolute Gasteiger partial charge is 0.419 e. The van der Waals surface area contributed by atoms with Crippen molar-refractivity contribution in [3.05, 3.63) is 46.7 Å². The monoisotopic (exact) mass is 527 g/mol. The second-order valence-electron chi connectivity index (χ2n) is 9.05. The van der Waals surface area contributed by atoms with Gasteiger partial charge in [-0.2, -0.15) is 13.2 Å². The average molecular weight is 528 g/mol. The van der Waals surface area contributed by atoms with Crippen molar-refractivity contribution in [2.24, 2.45) is 5.92 Å². The number of nitrogens with zero attached hydrogens (tertiary/aromatic N) is 5. The maximum Gasteiger partial charge on any atom is 0.419 e. The minimum Gasteiger partial charge on any atom is -0.493 e. The molecule has 1 aliphatic heterocycles. The molecule has 0 atom stereocenters. The molecule has 0 amide bonds. The van der Waals surface area contributed by atoms with Gasteiger partial charge >= 0.3 is 6.18 Å². The minimum atomic E-state index is -4.45. The predicted octanol–water partition coefficient (Wildman–Crippen LogP) is 6.49. The van der Waals surface area contributed by atoms with Gasteiger partial charge in [0.2, 0.25) is 5.95 Å². The number of rotatable bonds is 8. The van der Waals surface area contributed by atoms with Crippen LogP contribution in [0.4, 0.5) is 27.9 Å². The van der Waals surface area contributed by atoms with Crippen LogP contribution in [0.2, 0.25) is 0 Å². The molecule has 1 fully saturated rings. The molecule has 194 valence electrons. The van der Waals surface area contributed by atoms with Crippen molar-refractivity contribution >= 4 is 17.3 Å². The Morgan fingerprint density at radius 2 is 1.69 bits per heavy atom. The standard InChI is InChI=1S/C24H26F5N5OS/c1-14(2)21-32-33-22(36-21)20-18(25)10-17(11-19(20)26)35-9-3-4-15-5-7-34(8-6-15)23-30-12-16(13-31-23)24(27,28)29/h10-15H,3-9H2,1-2H3. The lowest BCUT2D eigenvalue weighted by Gasteiger charge is -2.32. The molecule has 3 aromatic rings. The summed E-state index contributed by atoms with van der Waals surface area (Å²) >= 11 is 1.17. The molecule has 4 rings (SSSR count). The number of benzene rings is 1. The normalized spacial score (nSPS) is 15.1. The van der Waals surface area contributed by atoms with Gasteiger partial charge in [-0.3, -0.25) is 0 Å². The van der Waals surface area contributed by atoms with Crippen LogP contribution in [-0.4, -0.2) is 39.9 Å². The number of ether oxygens (including phenoxy) is 1. The molecule has 3 heterocycles. The summed E-state index contributed by atoms with van der Waals surface area (Å²) in [5, 5.41) is 8.82. The Kier molecular flexibility index (Phi) is 8.01. The van der Waals surface area contributed by atoms with Crippen molar-refractivity contribution in [3.8, 4) is 16.3 Å². The maximum atomic E-state index is 14.6. The number of alkyl halides is 3. The van der Waals surface area contributed by atoms with Gasteiger partial charge in [-0.05, 0) is 31.6 Å². The Balaban J connectivity index is 1.23. The molecule has 0 saturated carbocycles. The third-order valence-electron chi connectivity index (χ3n) is 6.05. The van der Waals surface area contributed by atoms with Gasteiger partial charge in [0, 0.05) is 43.5 Å². The van der Waals surface area contributed by atoms with Crippen LogP contribution < -0.4 is 9.64 Å². The van der Waals surface area contributed by atoms with E-state index >= 15 is 0 Å². The van der Waals surface area contributed by atoms with Gasteiger partial charge in [-0.15, -0.1) is 10.2 Å². The van der Waals surface area contributed by atoms with E-state index in [1.165, 1.54) is 11.3 Å². The molecule has 2 aromatic heterocycles. The SMILES string of the molecule is CC(C)c1nnc(-c2c(F)cc(OCCCC3CCN(c4ncc(C(F)(F)F)cn4)CC3)cc2F)s1. The van der Waals surface area contributed by atoms with Gasteiger partial charge in [0.25, 0.3) is 0 Å². The predicted molar refractivity (Wildman–Crippen MR) is 126 cm³/mol. The zero-order valence-corrected chi connectivity index (χ0v) is 20.7. The Labute approximate surface area is 209 Å². The van der Waals surface area contributed by atoms with Gasteiger partial charge in [-0.25, -0.2) is 18.7 Å². The zero-order chi connectivity index (χ0) is 25.9. The van der Waals surface area contributed by atoms with Crippen LogP contribution in [0.25, 0.3) is 10.6 Å². The zero-order valence-electron chi connectivity index (χ0n) is 19.9. The fourth-order valence-electron chi connectivity index (χ4n) is 4.02. The van der Waals surface area contributed by atoms with Crippen LogP contribution in [0.3, 0.4) is 0 Å². The quantitative estimate of drug-likeness (QED) is 0.246. The number of hydrogen-bond acceptors (Lipinski definition) is 7. The third-order valence-corrected chi connectivity index (χ3v) is 7.29. The van der Waals surface area contributed by atoms with Crippen molar-refractivity contribution in [2.75, 3.05) is 24.6 Å². The Morgan fingerprint density at radius 3 is 2.25 bits per heavy atom. The molecule has 0 radical (unpaired) electrons. The van der Waals surface area contributed by atoms with Gasteiger partial charge in [0.1, 0.15) is 22.4 Å². The van der Waals surface area contributed by atoms with E-state index in [0.29, 0.717) is 43.0 Å². The number of piperidine rings is 1. The van der Waals surface area contributed by atoms with Crippen molar-refractivity contribution in [1.29, 1.82) is 0 Å². The topological polar surface area (TPSA) is 64.0 Å². The van der Waals surface area contributed by atoms with E-state index in [-0.39, 0.29) is 22.2 Å². The number of aromatic nitrogens is 4. The lowest BCUT2D eigenvalue weighted by Crippen LogP contribution is -2.35. The molecule has 12 heteroatoms. The van der Waals surface area contributed by atoms with Crippen LogP contribution in [0, 0.1) is 17.6 Å². The highest BCUT2D eigenvalue weighted by Crippen LogP contribution is 2.34. The van der Waals surface area contributed by atoms with E-state index in [1.54, 1.807) is 0 Å². The van der Waals surface area contributed by atoms with Crippen LogP contribution in [0.5, 0.6) is 5.75 Å². The van der Waals surface area contributed by atoms with Crippen LogP contribution in [0.1, 0.15) is 56.0 Å². The Hall–Kier alpha value is -2.89. The van der Waals surface area contributed by atoms with Crippen molar-refractivity contribution < 1.29 is 26.7 Å². The van der Waals surface area contributed by atoms with Gasteiger partial charge in [0.05, 0.1) is 17.7 Å². The lowest BCUT2D eigenvalue weighted by molar-refractivity contribution is -0.138. The molecule has 0 aliphatic carbocycles. The third kappa shape index (κ3) is 6.26.